The van der Waals surface area contributed by atoms with Crippen LogP contribution in [0, 0.1) is 11.8 Å². The quantitative estimate of drug-likeness (QED) is 0.251. The smallest absolute Gasteiger partial charge is 0.172 e. The summed E-state index contributed by atoms with van der Waals surface area (Å²) in [7, 11) is 0. The van der Waals surface area contributed by atoms with Gasteiger partial charge in [-0.05, 0) is 92.5 Å². The predicted molar refractivity (Wildman–Crippen MR) is 188 cm³/mol. The van der Waals surface area contributed by atoms with E-state index in [0.29, 0.717) is 36.0 Å². The number of hydrogen-bond donors (Lipinski definition) is 1. The Morgan fingerprint density at radius 1 is 0.837 bits per heavy atom. The third kappa shape index (κ3) is 8.49. The molecule has 5 nitrogen and oxygen atoms in total. The van der Waals surface area contributed by atoms with Crippen LogP contribution < -0.4 is 5.32 Å². The highest BCUT2D eigenvalue weighted by atomic mass is 32.1. The highest BCUT2D eigenvalue weighted by Gasteiger charge is 2.40. The maximum atomic E-state index is 6.32. The van der Waals surface area contributed by atoms with Crippen molar-refractivity contribution in [2.75, 3.05) is 39.3 Å². The molecule has 7 heteroatoms. The van der Waals surface area contributed by atoms with Gasteiger partial charge >= 0.3 is 0 Å². The van der Waals surface area contributed by atoms with Crippen LogP contribution in [-0.2, 0) is 12.8 Å². The zero-order valence-corrected chi connectivity index (χ0v) is 28.5. The molecule has 2 aromatic carbocycles. The molecule has 1 unspecified atom stereocenters. The average molecular weight is 620 g/mol. The van der Waals surface area contributed by atoms with Crippen molar-refractivity contribution in [2.24, 2.45) is 11.8 Å². The van der Waals surface area contributed by atoms with Crippen molar-refractivity contribution in [3.8, 4) is 0 Å². The summed E-state index contributed by atoms with van der Waals surface area (Å²) in [6, 6.07) is 23.6. The van der Waals surface area contributed by atoms with Crippen LogP contribution in [-0.4, -0.2) is 93.3 Å². The molecule has 0 bridgehead atoms. The van der Waals surface area contributed by atoms with Gasteiger partial charge in [-0.15, -0.1) is 0 Å². The first-order chi connectivity index (χ1) is 20.8. The molecule has 234 valence electrons. The Balaban J connectivity index is 1.27. The molecule has 43 heavy (non-hydrogen) atoms. The van der Waals surface area contributed by atoms with Crippen molar-refractivity contribution >= 4 is 34.7 Å². The van der Waals surface area contributed by atoms with Gasteiger partial charge in [0.25, 0.3) is 0 Å². The van der Waals surface area contributed by atoms with Gasteiger partial charge < -0.3 is 20.0 Å². The van der Waals surface area contributed by atoms with Gasteiger partial charge in [-0.3, -0.25) is 4.90 Å². The van der Waals surface area contributed by atoms with Gasteiger partial charge in [0.05, 0.1) is 6.04 Å². The minimum absolute atomic E-state index is 0.421. The fourth-order valence-electron chi connectivity index (χ4n) is 7.52. The van der Waals surface area contributed by atoms with Gasteiger partial charge in [-0.25, -0.2) is 0 Å². The number of rotatable bonds is 14. The van der Waals surface area contributed by atoms with Crippen LogP contribution in [0.15, 0.2) is 60.7 Å². The topological polar surface area (TPSA) is 25.0 Å². The van der Waals surface area contributed by atoms with E-state index in [1.807, 2.05) is 0 Å². The van der Waals surface area contributed by atoms with Gasteiger partial charge in [-0.2, -0.15) is 0 Å². The average Bonchev–Trinajstić information content (AvgIpc) is 3.66. The SMILES string of the molecule is CC(C)C[C@H]1CN([C@@H](CC(C)C)CN2CCCC2CN2C(=S)NC[C@@H]2Cc2ccccc2)C(=S)N1CCc1ccccc1. The number of nitrogens with zero attached hydrogens (tertiary/aromatic N) is 4. The maximum absolute atomic E-state index is 6.32. The summed E-state index contributed by atoms with van der Waals surface area (Å²) < 4.78 is 0. The van der Waals surface area contributed by atoms with Crippen LogP contribution in [0.25, 0.3) is 0 Å². The lowest BCUT2D eigenvalue weighted by molar-refractivity contribution is 0.149. The standard InChI is InChI=1S/C36H53N5S2/c1-27(2)20-33(41-26-34(21-28(3)4)39(36(41)43)19-17-29-12-7-5-8-13-29)24-38-18-11-16-31(38)25-40-32(23-37-35(40)42)22-30-14-9-6-10-15-30/h5-10,12-15,27-28,31-34H,11,16-26H2,1-4H3,(H,37,42)/t31?,32-,33-,34-/m0/s1. The number of likely N-dealkylation sites (tertiary alicyclic amines) is 1. The Labute approximate surface area is 272 Å². The summed E-state index contributed by atoms with van der Waals surface area (Å²) in [6.45, 7) is 15.7. The zero-order valence-electron chi connectivity index (χ0n) is 26.8. The first-order valence-electron chi connectivity index (χ1n) is 16.7. The molecule has 5 rings (SSSR count). The third-order valence-electron chi connectivity index (χ3n) is 9.61. The second kappa shape index (κ2) is 15.2. The third-order valence-corrected chi connectivity index (χ3v) is 10.5. The molecule has 0 radical (unpaired) electrons. The molecule has 0 saturated carbocycles. The summed E-state index contributed by atoms with van der Waals surface area (Å²) in [5.41, 5.74) is 2.78. The highest BCUT2D eigenvalue weighted by Crippen LogP contribution is 2.29. The summed E-state index contributed by atoms with van der Waals surface area (Å²) in [5.74, 6) is 1.28. The summed E-state index contributed by atoms with van der Waals surface area (Å²) >= 11 is 12.2. The Hall–Kier alpha value is -2.22. The largest absolute Gasteiger partial charge is 0.360 e. The maximum Gasteiger partial charge on any atom is 0.172 e. The molecule has 3 heterocycles. The first kappa shape index (κ1) is 32.2. The van der Waals surface area contributed by atoms with Crippen LogP contribution in [0.2, 0.25) is 0 Å². The minimum Gasteiger partial charge on any atom is -0.360 e. The van der Waals surface area contributed by atoms with Gasteiger partial charge in [0.1, 0.15) is 0 Å². The van der Waals surface area contributed by atoms with Crippen molar-refractivity contribution in [1.82, 2.24) is 24.9 Å². The molecule has 3 aliphatic rings. The number of nitrogens with one attached hydrogen (secondary N) is 1. The summed E-state index contributed by atoms with van der Waals surface area (Å²) in [6.07, 6.45) is 6.95. The van der Waals surface area contributed by atoms with Crippen molar-refractivity contribution < 1.29 is 0 Å². The van der Waals surface area contributed by atoms with E-state index in [1.165, 1.54) is 43.4 Å². The van der Waals surface area contributed by atoms with Crippen LogP contribution in [0.3, 0.4) is 0 Å². The first-order valence-corrected chi connectivity index (χ1v) is 17.5. The predicted octanol–water partition coefficient (Wildman–Crippen LogP) is 6.23. The fraction of sp³-hybridized carbons (Fsp3) is 0.611. The van der Waals surface area contributed by atoms with E-state index in [4.69, 9.17) is 24.4 Å². The number of thiocarbonyl (C=S) groups is 2. The van der Waals surface area contributed by atoms with E-state index >= 15 is 0 Å². The van der Waals surface area contributed by atoms with Crippen LogP contribution in [0.5, 0.6) is 0 Å². The monoisotopic (exact) mass is 619 g/mol. The number of benzene rings is 2. The molecule has 2 aromatic rings. The number of hydrogen-bond acceptors (Lipinski definition) is 3. The van der Waals surface area contributed by atoms with Gasteiger partial charge in [0, 0.05) is 50.8 Å². The Morgan fingerprint density at radius 3 is 2.21 bits per heavy atom. The molecule has 0 aromatic heterocycles. The van der Waals surface area contributed by atoms with Gasteiger partial charge in [0.2, 0.25) is 0 Å². The van der Waals surface area contributed by atoms with Crippen LogP contribution in [0.4, 0.5) is 0 Å². The minimum atomic E-state index is 0.421. The second-order valence-corrected chi connectivity index (χ2v) is 14.7. The second-order valence-electron chi connectivity index (χ2n) is 13.9. The van der Waals surface area contributed by atoms with E-state index in [0.717, 1.165) is 55.8 Å². The van der Waals surface area contributed by atoms with Crippen LogP contribution in [0.1, 0.15) is 64.5 Å². The van der Waals surface area contributed by atoms with E-state index < -0.39 is 0 Å². The molecule has 3 aliphatic heterocycles. The molecule has 0 aliphatic carbocycles. The van der Waals surface area contributed by atoms with Crippen LogP contribution >= 0.6 is 24.4 Å². The van der Waals surface area contributed by atoms with Gasteiger partial charge in [-0.1, -0.05) is 88.4 Å². The molecular formula is C36H53N5S2. The Bertz CT molecular complexity index is 1170. The molecular weight excluding hydrogens is 567 g/mol. The molecule has 0 spiro atoms. The normalized spacial score (nSPS) is 23.7. The lowest BCUT2D eigenvalue weighted by atomic mass is 10.00. The van der Waals surface area contributed by atoms with Crippen molar-refractivity contribution in [1.29, 1.82) is 0 Å². The molecule has 4 atom stereocenters. The summed E-state index contributed by atoms with van der Waals surface area (Å²) in [5, 5.41) is 5.51. The van der Waals surface area contributed by atoms with E-state index in [9.17, 15) is 0 Å². The fourth-order valence-corrected chi connectivity index (χ4v) is 8.29. The molecule has 3 saturated heterocycles. The zero-order chi connectivity index (χ0) is 30.3. The lowest BCUT2D eigenvalue weighted by Gasteiger charge is -2.38. The van der Waals surface area contributed by atoms with E-state index in [1.54, 1.807) is 0 Å². The van der Waals surface area contributed by atoms with Crippen molar-refractivity contribution in [2.45, 2.75) is 90.4 Å². The Morgan fingerprint density at radius 2 is 1.53 bits per heavy atom. The van der Waals surface area contributed by atoms with E-state index in [-0.39, 0.29) is 0 Å². The molecule has 1 N–H and O–H groups in total. The summed E-state index contributed by atoms with van der Waals surface area (Å²) in [4.78, 5) is 10.5. The Kier molecular flexibility index (Phi) is 11.4. The highest BCUT2D eigenvalue weighted by molar-refractivity contribution is 7.80. The van der Waals surface area contributed by atoms with Crippen molar-refractivity contribution in [3.63, 3.8) is 0 Å². The van der Waals surface area contributed by atoms with Crippen molar-refractivity contribution in [3.05, 3.63) is 71.8 Å². The molecule has 0 amide bonds. The van der Waals surface area contributed by atoms with Gasteiger partial charge in [0.15, 0.2) is 10.2 Å². The lowest BCUT2D eigenvalue weighted by Crippen LogP contribution is -2.51. The molecule has 3 fully saturated rings. The van der Waals surface area contributed by atoms with E-state index in [2.05, 4.69) is 113 Å².